The van der Waals surface area contributed by atoms with E-state index in [1.165, 1.54) is 0 Å². The molecule has 0 aromatic heterocycles. The van der Waals surface area contributed by atoms with E-state index in [1.54, 1.807) is 0 Å². The minimum atomic E-state index is -0.391. The van der Waals surface area contributed by atoms with Gasteiger partial charge in [0.1, 0.15) is 0 Å². The van der Waals surface area contributed by atoms with Gasteiger partial charge in [0.25, 0.3) is 0 Å². The van der Waals surface area contributed by atoms with Crippen LogP contribution in [0, 0.1) is 0 Å². The van der Waals surface area contributed by atoms with E-state index in [0.717, 1.165) is 11.0 Å². The average molecular weight is 303 g/mol. The van der Waals surface area contributed by atoms with Crippen molar-refractivity contribution in [2.24, 2.45) is 0 Å². The third-order valence-corrected chi connectivity index (χ3v) is 4.29. The Morgan fingerprint density at radius 3 is 2.32 bits per heavy atom. The van der Waals surface area contributed by atoms with Gasteiger partial charge in [-0.3, -0.25) is 4.79 Å². The molecule has 0 unspecified atom stereocenters. The van der Waals surface area contributed by atoms with Crippen molar-refractivity contribution in [3.05, 3.63) is 29.8 Å². The predicted molar refractivity (Wildman–Crippen MR) is 89.1 cm³/mol. The van der Waals surface area contributed by atoms with E-state index in [-0.39, 0.29) is 23.2 Å². The van der Waals surface area contributed by atoms with Crippen molar-refractivity contribution in [1.29, 1.82) is 0 Å². The van der Waals surface area contributed by atoms with Crippen molar-refractivity contribution in [1.82, 2.24) is 5.32 Å². The van der Waals surface area contributed by atoms with E-state index in [4.69, 9.17) is 9.31 Å². The van der Waals surface area contributed by atoms with Crippen LogP contribution in [0.4, 0.5) is 0 Å². The molecule has 0 saturated carbocycles. The summed E-state index contributed by atoms with van der Waals surface area (Å²) in [5.74, 6) is 0.0288. The lowest BCUT2D eigenvalue weighted by molar-refractivity contribution is -0.120. The fourth-order valence-electron chi connectivity index (χ4n) is 2.39. The smallest absolute Gasteiger partial charge is 0.399 e. The van der Waals surface area contributed by atoms with Gasteiger partial charge in [-0.2, -0.15) is 0 Å². The number of nitrogens with one attached hydrogen (secondary N) is 1. The van der Waals surface area contributed by atoms with Crippen molar-refractivity contribution < 1.29 is 14.1 Å². The SMILES string of the molecule is CC(C)NC(=O)Cc1cccc(B2OC(C)(C)C(C)(C)O2)c1. The topological polar surface area (TPSA) is 47.6 Å². The minimum Gasteiger partial charge on any atom is -0.399 e. The first-order chi connectivity index (χ1) is 10.1. The summed E-state index contributed by atoms with van der Waals surface area (Å²) in [6.45, 7) is 12.1. The minimum absolute atomic E-state index is 0.0288. The zero-order valence-electron chi connectivity index (χ0n) is 14.4. The lowest BCUT2D eigenvalue weighted by Gasteiger charge is -2.32. The highest BCUT2D eigenvalue weighted by Gasteiger charge is 2.51. The van der Waals surface area contributed by atoms with Gasteiger partial charge in [0, 0.05) is 6.04 Å². The Bertz CT molecular complexity index is 539. The number of carbonyl (C=O) groups is 1. The molecular formula is C17H26BNO3. The summed E-state index contributed by atoms with van der Waals surface area (Å²) < 4.78 is 12.1. The van der Waals surface area contributed by atoms with Crippen LogP contribution in [0.2, 0.25) is 0 Å². The molecule has 5 heteroatoms. The maximum Gasteiger partial charge on any atom is 0.494 e. The lowest BCUT2D eigenvalue weighted by Crippen LogP contribution is -2.41. The van der Waals surface area contributed by atoms with Crippen LogP contribution < -0.4 is 10.8 Å². The lowest BCUT2D eigenvalue weighted by atomic mass is 9.78. The Labute approximate surface area is 133 Å². The molecule has 1 aromatic rings. The van der Waals surface area contributed by atoms with Gasteiger partial charge in [-0.05, 0) is 52.6 Å². The van der Waals surface area contributed by atoms with Gasteiger partial charge in [-0.25, -0.2) is 0 Å². The second kappa shape index (κ2) is 6.05. The molecule has 0 spiro atoms. The molecule has 2 rings (SSSR count). The van der Waals surface area contributed by atoms with Gasteiger partial charge in [-0.1, -0.05) is 24.3 Å². The summed E-state index contributed by atoms with van der Waals surface area (Å²) >= 11 is 0. The highest BCUT2D eigenvalue weighted by Crippen LogP contribution is 2.36. The fourth-order valence-corrected chi connectivity index (χ4v) is 2.39. The van der Waals surface area contributed by atoms with E-state index in [9.17, 15) is 4.79 Å². The number of hydrogen-bond acceptors (Lipinski definition) is 3. The van der Waals surface area contributed by atoms with Gasteiger partial charge in [0.15, 0.2) is 0 Å². The molecule has 1 aliphatic heterocycles. The van der Waals surface area contributed by atoms with E-state index in [2.05, 4.69) is 5.32 Å². The Morgan fingerprint density at radius 2 is 1.77 bits per heavy atom. The zero-order valence-corrected chi connectivity index (χ0v) is 14.4. The second-order valence-corrected chi connectivity index (χ2v) is 7.23. The van der Waals surface area contributed by atoms with Crippen molar-refractivity contribution >= 4 is 18.5 Å². The molecule has 1 aliphatic rings. The van der Waals surface area contributed by atoms with E-state index in [1.807, 2.05) is 65.8 Å². The molecule has 0 atom stereocenters. The number of hydrogen-bond donors (Lipinski definition) is 1. The quantitative estimate of drug-likeness (QED) is 0.866. The summed E-state index contributed by atoms with van der Waals surface area (Å²) in [6, 6.07) is 8.01. The molecule has 4 nitrogen and oxygen atoms in total. The first-order valence-corrected chi connectivity index (χ1v) is 7.84. The Kier molecular flexibility index (Phi) is 4.69. The molecule has 1 amide bonds. The molecule has 1 heterocycles. The van der Waals surface area contributed by atoms with Gasteiger partial charge in [0.2, 0.25) is 5.91 Å². The maximum absolute atomic E-state index is 11.9. The molecular weight excluding hydrogens is 277 g/mol. The van der Waals surface area contributed by atoms with Gasteiger partial charge in [-0.15, -0.1) is 0 Å². The number of rotatable bonds is 4. The standard InChI is InChI=1S/C17H26BNO3/c1-12(2)19-15(20)11-13-8-7-9-14(10-13)18-21-16(3,4)17(5,6)22-18/h7-10,12H,11H2,1-6H3,(H,19,20). The Balaban J connectivity index is 2.11. The second-order valence-electron chi connectivity index (χ2n) is 7.23. The molecule has 120 valence electrons. The van der Waals surface area contributed by atoms with Crippen LogP contribution in [-0.2, 0) is 20.5 Å². The summed E-state index contributed by atoms with van der Waals surface area (Å²) in [6.07, 6.45) is 0.367. The van der Waals surface area contributed by atoms with Crippen LogP contribution >= 0.6 is 0 Å². The van der Waals surface area contributed by atoms with Crippen LogP contribution in [-0.4, -0.2) is 30.3 Å². The van der Waals surface area contributed by atoms with Gasteiger partial charge in [0.05, 0.1) is 17.6 Å². The van der Waals surface area contributed by atoms with Crippen molar-refractivity contribution in [2.45, 2.75) is 65.2 Å². The van der Waals surface area contributed by atoms with Crippen molar-refractivity contribution in [3.8, 4) is 0 Å². The normalized spacial score (nSPS) is 19.5. The summed E-state index contributed by atoms with van der Waals surface area (Å²) in [5.41, 5.74) is 1.20. The molecule has 0 bridgehead atoms. The first kappa shape index (κ1) is 17.0. The monoisotopic (exact) mass is 303 g/mol. The van der Waals surface area contributed by atoms with Crippen molar-refractivity contribution in [3.63, 3.8) is 0 Å². The fraction of sp³-hybridized carbons (Fsp3) is 0.588. The van der Waals surface area contributed by atoms with E-state index >= 15 is 0 Å². The molecule has 1 aromatic carbocycles. The number of amides is 1. The zero-order chi connectivity index (χ0) is 16.5. The molecule has 1 N–H and O–H groups in total. The predicted octanol–water partition coefficient (Wildman–Crippen LogP) is 2.05. The number of benzene rings is 1. The summed E-state index contributed by atoms with van der Waals surface area (Å²) in [7, 11) is -0.391. The third-order valence-electron chi connectivity index (χ3n) is 4.29. The third kappa shape index (κ3) is 3.71. The van der Waals surface area contributed by atoms with Crippen LogP contribution in [0.3, 0.4) is 0 Å². The first-order valence-electron chi connectivity index (χ1n) is 7.84. The maximum atomic E-state index is 11.9. The van der Waals surface area contributed by atoms with Gasteiger partial charge >= 0.3 is 7.12 Å². The summed E-state index contributed by atoms with van der Waals surface area (Å²) in [5, 5.41) is 2.90. The van der Waals surface area contributed by atoms with Crippen LogP contribution in [0.15, 0.2) is 24.3 Å². The largest absolute Gasteiger partial charge is 0.494 e. The highest BCUT2D eigenvalue weighted by atomic mass is 16.7. The average Bonchev–Trinajstić information content (AvgIpc) is 2.57. The molecule has 1 fully saturated rings. The highest BCUT2D eigenvalue weighted by molar-refractivity contribution is 6.62. The van der Waals surface area contributed by atoms with Crippen LogP contribution in [0.1, 0.15) is 47.1 Å². The van der Waals surface area contributed by atoms with E-state index in [0.29, 0.717) is 6.42 Å². The molecule has 0 radical (unpaired) electrons. The molecule has 1 saturated heterocycles. The molecule has 0 aliphatic carbocycles. The number of carbonyl (C=O) groups excluding carboxylic acids is 1. The van der Waals surface area contributed by atoms with Gasteiger partial charge < -0.3 is 14.6 Å². The van der Waals surface area contributed by atoms with Crippen LogP contribution in [0.25, 0.3) is 0 Å². The Hall–Kier alpha value is -1.33. The van der Waals surface area contributed by atoms with E-state index < -0.39 is 7.12 Å². The Morgan fingerprint density at radius 1 is 1.18 bits per heavy atom. The molecule has 22 heavy (non-hydrogen) atoms. The van der Waals surface area contributed by atoms with Crippen molar-refractivity contribution in [2.75, 3.05) is 0 Å². The summed E-state index contributed by atoms with van der Waals surface area (Å²) in [4.78, 5) is 11.9. The van der Waals surface area contributed by atoms with Crippen LogP contribution in [0.5, 0.6) is 0 Å².